The molecular weight excluding hydrogens is 464 g/mol. The van der Waals surface area contributed by atoms with E-state index >= 15 is 0 Å². The molecule has 5 aliphatic rings. The Labute approximate surface area is 207 Å². The molecule has 2 saturated carbocycles. The Balaban J connectivity index is 1.43. The molecule has 3 aliphatic carbocycles. The van der Waals surface area contributed by atoms with Gasteiger partial charge in [-0.1, -0.05) is 13.8 Å². The summed E-state index contributed by atoms with van der Waals surface area (Å²) in [6, 6.07) is 4.83. The third kappa shape index (κ3) is 2.22. The van der Waals surface area contributed by atoms with Crippen LogP contribution < -0.4 is 0 Å². The summed E-state index contributed by atoms with van der Waals surface area (Å²) in [7, 11) is 0. The number of H-pyrrole nitrogens is 1. The van der Waals surface area contributed by atoms with Crippen molar-refractivity contribution in [3.05, 3.63) is 51.2 Å². The van der Waals surface area contributed by atoms with E-state index in [1.807, 2.05) is 20.8 Å². The molecule has 7 rings (SSSR count). The Hall–Kier alpha value is -2.59. The van der Waals surface area contributed by atoms with Gasteiger partial charge in [0, 0.05) is 51.6 Å². The summed E-state index contributed by atoms with van der Waals surface area (Å²) >= 11 is 0. The fraction of sp³-hybridized carbons (Fsp3) is 0.593. The molecule has 36 heavy (non-hydrogen) atoms. The van der Waals surface area contributed by atoms with Crippen LogP contribution in [0.4, 0.5) is 5.69 Å². The van der Waals surface area contributed by atoms with Gasteiger partial charge in [0.1, 0.15) is 11.2 Å². The molecule has 2 bridgehead atoms. The molecule has 1 aromatic carbocycles. The third-order valence-corrected chi connectivity index (χ3v) is 10.6. The number of nitro groups is 1. The monoisotopic (exact) mass is 494 g/mol. The lowest BCUT2D eigenvalue weighted by molar-refractivity contribution is -0.384. The van der Waals surface area contributed by atoms with E-state index < -0.39 is 45.0 Å². The number of rotatable bonds is 1. The van der Waals surface area contributed by atoms with E-state index in [1.54, 1.807) is 12.1 Å². The van der Waals surface area contributed by atoms with Gasteiger partial charge in [-0.25, -0.2) is 0 Å². The highest BCUT2D eigenvalue weighted by Crippen LogP contribution is 2.71. The van der Waals surface area contributed by atoms with E-state index in [1.165, 1.54) is 12.1 Å². The number of fused-ring (bicyclic) bond motifs is 9. The number of carbonyl (C=O) groups is 1. The molecule has 9 heteroatoms. The van der Waals surface area contributed by atoms with Crippen molar-refractivity contribution in [3.63, 3.8) is 0 Å². The van der Waals surface area contributed by atoms with Gasteiger partial charge in [-0.15, -0.1) is 0 Å². The molecule has 9 nitrogen and oxygen atoms in total. The Bertz CT molecular complexity index is 1430. The predicted molar refractivity (Wildman–Crippen MR) is 128 cm³/mol. The number of hydrogen-bond acceptors (Lipinski definition) is 7. The van der Waals surface area contributed by atoms with Gasteiger partial charge in [0.2, 0.25) is 0 Å². The average molecular weight is 495 g/mol. The first-order valence-corrected chi connectivity index (χ1v) is 12.6. The molecule has 2 aromatic rings. The van der Waals surface area contributed by atoms with Crippen LogP contribution in [0.2, 0.25) is 0 Å². The second-order valence-electron chi connectivity index (χ2n) is 12.3. The van der Waals surface area contributed by atoms with Crippen LogP contribution in [0.25, 0.3) is 10.9 Å². The molecule has 1 aromatic heterocycles. The Morgan fingerprint density at radius 2 is 1.94 bits per heavy atom. The SMILES string of the molecule is CC1(C)O[C@@]23CC[C@]4(C)[C@@]5(C)c6[nH]c7ccc([N+](=O)[O-])cc7c6C[C@@H]5C[C@H](O)[C@@]4(O)C2=CC(=O)[C@@H]1O3. The first-order valence-electron chi connectivity index (χ1n) is 12.6. The number of ether oxygens (including phenoxy) is 2. The number of non-ortho nitro benzene ring substituents is 1. The normalized spacial score (nSPS) is 44.0. The van der Waals surface area contributed by atoms with E-state index in [-0.39, 0.29) is 17.4 Å². The third-order valence-electron chi connectivity index (χ3n) is 10.6. The first kappa shape index (κ1) is 22.6. The molecule has 190 valence electrons. The number of nitrogens with one attached hydrogen (secondary N) is 1. The maximum atomic E-state index is 13.1. The molecule has 0 amide bonds. The summed E-state index contributed by atoms with van der Waals surface area (Å²) in [5, 5.41) is 36.5. The Morgan fingerprint density at radius 3 is 2.67 bits per heavy atom. The highest BCUT2D eigenvalue weighted by Gasteiger charge is 2.77. The summed E-state index contributed by atoms with van der Waals surface area (Å²) < 4.78 is 12.6. The summed E-state index contributed by atoms with van der Waals surface area (Å²) in [6.07, 6.45) is 1.49. The van der Waals surface area contributed by atoms with Crippen LogP contribution in [0, 0.1) is 21.4 Å². The predicted octanol–water partition coefficient (Wildman–Crippen LogP) is 3.20. The molecule has 0 radical (unpaired) electrons. The van der Waals surface area contributed by atoms with Crippen LogP contribution in [0.15, 0.2) is 29.8 Å². The molecule has 0 unspecified atom stereocenters. The number of aromatic nitrogens is 1. The van der Waals surface area contributed by atoms with Gasteiger partial charge in [0.25, 0.3) is 5.69 Å². The van der Waals surface area contributed by atoms with Crippen molar-refractivity contribution < 1.29 is 29.4 Å². The molecule has 3 heterocycles. The maximum absolute atomic E-state index is 13.1. The molecular formula is C27H30N2O7. The van der Waals surface area contributed by atoms with E-state index in [9.17, 15) is 25.1 Å². The van der Waals surface area contributed by atoms with Crippen molar-refractivity contribution in [2.45, 2.75) is 88.0 Å². The quantitative estimate of drug-likeness (QED) is 0.409. The van der Waals surface area contributed by atoms with Crippen LogP contribution in [-0.4, -0.2) is 55.1 Å². The number of benzene rings is 1. The molecule has 7 atom stereocenters. The van der Waals surface area contributed by atoms with Crippen LogP contribution >= 0.6 is 0 Å². The lowest BCUT2D eigenvalue weighted by Crippen LogP contribution is -2.74. The smallest absolute Gasteiger partial charge is 0.270 e. The lowest BCUT2D eigenvalue weighted by Gasteiger charge is -2.66. The topological polar surface area (TPSA) is 135 Å². The number of aromatic amines is 1. The van der Waals surface area contributed by atoms with Crippen molar-refractivity contribution in [3.8, 4) is 0 Å². The second kappa shape index (κ2) is 6.27. The summed E-state index contributed by atoms with van der Waals surface area (Å²) in [4.78, 5) is 27.7. The molecule has 1 saturated heterocycles. The number of aliphatic hydroxyl groups excluding tert-OH is 1. The van der Waals surface area contributed by atoms with Gasteiger partial charge in [-0.3, -0.25) is 14.9 Å². The molecule has 3 fully saturated rings. The zero-order chi connectivity index (χ0) is 25.6. The Morgan fingerprint density at radius 1 is 1.19 bits per heavy atom. The van der Waals surface area contributed by atoms with Gasteiger partial charge in [-0.05, 0) is 56.7 Å². The Kier molecular flexibility index (Phi) is 3.94. The standard InChI is InChI=1S/C27H30N2O7/c1-23(2)22-18(30)12-19-26(35-22,36-23)8-7-24(3)25(4)13(10-20(31)27(19,24)32)9-16-15-11-14(29(33)34)5-6-17(15)28-21(16)25/h5-6,11-13,20,22,28,31-32H,7-10H2,1-4H3/t13-,20+,22+,24-,25-,26+,27+/m1/s1. The minimum Gasteiger partial charge on any atom is -0.390 e. The molecule has 1 spiro atoms. The van der Waals surface area contributed by atoms with Crippen LogP contribution in [-0.2, 0) is 26.1 Å². The van der Waals surface area contributed by atoms with Gasteiger partial charge in [0.15, 0.2) is 17.7 Å². The van der Waals surface area contributed by atoms with Gasteiger partial charge in [-0.2, -0.15) is 0 Å². The fourth-order valence-electron chi connectivity index (χ4n) is 8.58. The zero-order valence-electron chi connectivity index (χ0n) is 20.8. The van der Waals surface area contributed by atoms with Crippen molar-refractivity contribution in [2.24, 2.45) is 11.3 Å². The summed E-state index contributed by atoms with van der Waals surface area (Å²) in [5.41, 5.74) is -0.961. The van der Waals surface area contributed by atoms with E-state index in [2.05, 4.69) is 11.9 Å². The number of nitrogens with zero attached hydrogens (tertiary/aromatic N) is 1. The van der Waals surface area contributed by atoms with E-state index in [0.717, 1.165) is 22.2 Å². The maximum Gasteiger partial charge on any atom is 0.270 e. The number of aliphatic hydroxyl groups is 2. The van der Waals surface area contributed by atoms with Gasteiger partial charge in [0.05, 0.1) is 11.0 Å². The van der Waals surface area contributed by atoms with Gasteiger partial charge < -0.3 is 24.7 Å². The number of hydrogen-bond donors (Lipinski definition) is 3. The zero-order valence-corrected chi connectivity index (χ0v) is 20.8. The van der Waals surface area contributed by atoms with Crippen molar-refractivity contribution >= 4 is 22.4 Å². The van der Waals surface area contributed by atoms with Crippen molar-refractivity contribution in [2.75, 3.05) is 0 Å². The molecule has 2 aliphatic heterocycles. The average Bonchev–Trinajstić information content (AvgIpc) is 3.39. The van der Waals surface area contributed by atoms with E-state index in [4.69, 9.17) is 9.47 Å². The van der Waals surface area contributed by atoms with E-state index in [0.29, 0.717) is 31.3 Å². The fourth-order valence-corrected chi connectivity index (χ4v) is 8.58. The summed E-state index contributed by atoms with van der Waals surface area (Å²) in [5.74, 6) is -1.50. The highest BCUT2D eigenvalue weighted by molar-refractivity contribution is 5.97. The first-order chi connectivity index (χ1) is 16.8. The van der Waals surface area contributed by atoms with Crippen LogP contribution in [0.1, 0.15) is 58.2 Å². The number of carbonyl (C=O) groups excluding carboxylic acids is 1. The largest absolute Gasteiger partial charge is 0.390 e. The lowest BCUT2D eigenvalue weighted by atomic mass is 9.41. The van der Waals surface area contributed by atoms with Crippen molar-refractivity contribution in [1.82, 2.24) is 4.98 Å². The minimum absolute atomic E-state index is 0.00577. The number of nitro benzene ring substituents is 1. The van der Waals surface area contributed by atoms with Crippen LogP contribution in [0.5, 0.6) is 0 Å². The molecule has 3 N–H and O–H groups in total. The number of ketones is 1. The van der Waals surface area contributed by atoms with Gasteiger partial charge >= 0.3 is 0 Å². The van der Waals surface area contributed by atoms with Crippen LogP contribution in [0.3, 0.4) is 0 Å². The second-order valence-corrected chi connectivity index (χ2v) is 12.3. The highest BCUT2D eigenvalue weighted by atomic mass is 16.8. The van der Waals surface area contributed by atoms with Crippen molar-refractivity contribution in [1.29, 1.82) is 0 Å². The minimum atomic E-state index is -1.76. The summed E-state index contributed by atoms with van der Waals surface area (Å²) in [6.45, 7) is 7.76.